The van der Waals surface area contributed by atoms with Crippen LogP contribution >= 0.6 is 0 Å². The number of hydrogen-bond acceptors (Lipinski definition) is 4. The molecule has 2 atom stereocenters. The van der Waals surface area contributed by atoms with E-state index in [4.69, 9.17) is 0 Å². The monoisotopic (exact) mass is 365 g/mol. The summed E-state index contributed by atoms with van der Waals surface area (Å²) in [5.41, 5.74) is 2.65. The highest BCUT2D eigenvalue weighted by Gasteiger charge is 2.50. The fourth-order valence-corrected chi connectivity index (χ4v) is 4.54. The van der Waals surface area contributed by atoms with Crippen LogP contribution in [0.4, 0.5) is 0 Å². The van der Waals surface area contributed by atoms with Crippen LogP contribution in [0.25, 0.3) is 0 Å². The van der Waals surface area contributed by atoms with Gasteiger partial charge in [-0.1, -0.05) is 54.6 Å². The van der Waals surface area contributed by atoms with Gasteiger partial charge in [0.1, 0.15) is 5.54 Å². The molecule has 0 radical (unpaired) electrons. The van der Waals surface area contributed by atoms with Crippen molar-refractivity contribution in [2.45, 2.75) is 24.4 Å². The van der Waals surface area contributed by atoms with Gasteiger partial charge in [0, 0.05) is 26.2 Å². The van der Waals surface area contributed by atoms with Crippen molar-refractivity contribution >= 4 is 5.91 Å². The first kappa shape index (κ1) is 18.2. The number of aliphatic hydroxyl groups is 1. The molecule has 3 N–H and O–H groups in total. The molecular formula is C22H27N3O2. The molecule has 1 aliphatic carbocycles. The summed E-state index contributed by atoms with van der Waals surface area (Å²) in [6.45, 7) is 3.35. The SMILES string of the molecule is O=C(N[C@H](CO)c1ccccc1)[C@]1(N2CCNCC2)CCc2ccccc21. The number of aliphatic hydroxyl groups excluding tert-OH is 1. The van der Waals surface area contributed by atoms with E-state index in [1.165, 1.54) is 5.56 Å². The van der Waals surface area contributed by atoms with Gasteiger partial charge in [0.15, 0.2) is 0 Å². The van der Waals surface area contributed by atoms with Crippen molar-refractivity contribution in [3.05, 3.63) is 71.3 Å². The molecule has 4 rings (SSSR count). The predicted octanol–water partition coefficient (Wildman–Crippen LogP) is 1.58. The van der Waals surface area contributed by atoms with Crippen LogP contribution in [-0.4, -0.2) is 48.7 Å². The number of carbonyl (C=O) groups excluding carboxylic acids is 1. The third-order valence-electron chi connectivity index (χ3n) is 5.94. The molecule has 5 heteroatoms. The number of aryl methyl sites for hydroxylation is 1. The van der Waals surface area contributed by atoms with Crippen LogP contribution in [0.5, 0.6) is 0 Å². The van der Waals surface area contributed by atoms with Crippen molar-refractivity contribution in [1.29, 1.82) is 0 Å². The zero-order valence-electron chi connectivity index (χ0n) is 15.5. The van der Waals surface area contributed by atoms with Crippen molar-refractivity contribution in [3.8, 4) is 0 Å². The average molecular weight is 365 g/mol. The molecular weight excluding hydrogens is 338 g/mol. The quantitative estimate of drug-likeness (QED) is 0.753. The molecule has 1 saturated heterocycles. The Morgan fingerprint density at radius 1 is 1.11 bits per heavy atom. The van der Waals surface area contributed by atoms with Crippen LogP contribution in [0.15, 0.2) is 54.6 Å². The minimum Gasteiger partial charge on any atom is -0.394 e. The fraction of sp³-hybridized carbons (Fsp3) is 0.409. The molecule has 142 valence electrons. The summed E-state index contributed by atoms with van der Waals surface area (Å²) in [7, 11) is 0. The summed E-state index contributed by atoms with van der Waals surface area (Å²) >= 11 is 0. The standard InChI is InChI=1S/C22H27N3O2/c26-16-20(18-7-2-1-3-8-18)24-21(27)22(25-14-12-23-13-15-25)11-10-17-6-4-5-9-19(17)22/h1-9,20,23,26H,10-16H2,(H,24,27)/t20-,22+/m1/s1. The first-order valence-electron chi connectivity index (χ1n) is 9.76. The fourth-order valence-electron chi connectivity index (χ4n) is 4.54. The Hall–Kier alpha value is -2.21. The lowest BCUT2D eigenvalue weighted by Crippen LogP contribution is -2.60. The van der Waals surface area contributed by atoms with Crippen LogP contribution in [0.1, 0.15) is 29.2 Å². The van der Waals surface area contributed by atoms with Crippen molar-refractivity contribution in [1.82, 2.24) is 15.5 Å². The molecule has 5 nitrogen and oxygen atoms in total. The highest BCUT2D eigenvalue weighted by molar-refractivity contribution is 5.89. The lowest BCUT2D eigenvalue weighted by Gasteiger charge is -2.43. The van der Waals surface area contributed by atoms with E-state index in [0.29, 0.717) is 0 Å². The zero-order valence-corrected chi connectivity index (χ0v) is 15.5. The normalized spacial score (nSPS) is 23.6. The summed E-state index contributed by atoms with van der Waals surface area (Å²) in [6, 6.07) is 17.6. The molecule has 0 spiro atoms. The number of rotatable bonds is 5. The lowest BCUT2D eigenvalue weighted by molar-refractivity contribution is -0.136. The minimum atomic E-state index is -0.652. The Kier molecular flexibility index (Phi) is 5.25. The van der Waals surface area contributed by atoms with E-state index in [-0.39, 0.29) is 12.5 Å². The Balaban J connectivity index is 1.68. The molecule has 0 unspecified atom stereocenters. The molecule has 1 heterocycles. The smallest absolute Gasteiger partial charge is 0.245 e. The van der Waals surface area contributed by atoms with Gasteiger partial charge in [0.05, 0.1) is 12.6 Å². The van der Waals surface area contributed by atoms with Gasteiger partial charge in [0.2, 0.25) is 5.91 Å². The number of carbonyl (C=O) groups is 1. The second-order valence-electron chi connectivity index (χ2n) is 7.37. The number of nitrogens with zero attached hydrogens (tertiary/aromatic N) is 1. The van der Waals surface area contributed by atoms with Gasteiger partial charge in [-0.15, -0.1) is 0 Å². The van der Waals surface area contributed by atoms with E-state index in [1.54, 1.807) is 0 Å². The van der Waals surface area contributed by atoms with E-state index < -0.39 is 11.6 Å². The highest BCUT2D eigenvalue weighted by Crippen LogP contribution is 2.42. The number of amides is 1. The van der Waals surface area contributed by atoms with E-state index in [9.17, 15) is 9.90 Å². The van der Waals surface area contributed by atoms with Gasteiger partial charge < -0.3 is 15.7 Å². The first-order chi connectivity index (χ1) is 13.3. The van der Waals surface area contributed by atoms with Gasteiger partial charge in [-0.25, -0.2) is 0 Å². The van der Waals surface area contributed by atoms with E-state index in [1.807, 2.05) is 42.5 Å². The topological polar surface area (TPSA) is 64.6 Å². The molecule has 1 amide bonds. The van der Waals surface area contributed by atoms with Crippen molar-refractivity contribution in [2.24, 2.45) is 0 Å². The van der Waals surface area contributed by atoms with Crippen LogP contribution in [0, 0.1) is 0 Å². The van der Waals surface area contributed by atoms with Crippen molar-refractivity contribution in [2.75, 3.05) is 32.8 Å². The second kappa shape index (κ2) is 7.80. The van der Waals surface area contributed by atoms with Crippen LogP contribution in [0.3, 0.4) is 0 Å². The number of hydrogen-bond donors (Lipinski definition) is 3. The maximum absolute atomic E-state index is 13.7. The van der Waals surface area contributed by atoms with Gasteiger partial charge in [-0.3, -0.25) is 9.69 Å². The largest absolute Gasteiger partial charge is 0.394 e. The molecule has 1 aliphatic heterocycles. The molecule has 27 heavy (non-hydrogen) atoms. The van der Waals surface area contributed by atoms with Crippen molar-refractivity contribution in [3.63, 3.8) is 0 Å². The third-order valence-corrected chi connectivity index (χ3v) is 5.94. The number of benzene rings is 2. The summed E-state index contributed by atoms with van der Waals surface area (Å²) in [5.74, 6) is -0.00254. The molecule has 2 aromatic carbocycles. The van der Waals surface area contributed by atoms with Crippen molar-refractivity contribution < 1.29 is 9.90 Å². The third kappa shape index (κ3) is 3.27. The Morgan fingerprint density at radius 2 is 1.81 bits per heavy atom. The summed E-state index contributed by atoms with van der Waals surface area (Å²) in [6.07, 6.45) is 1.69. The Labute approximate surface area is 160 Å². The van der Waals surface area contributed by atoms with E-state index in [0.717, 1.165) is 50.1 Å². The van der Waals surface area contributed by atoms with E-state index >= 15 is 0 Å². The summed E-state index contributed by atoms with van der Waals surface area (Å²) < 4.78 is 0. The maximum Gasteiger partial charge on any atom is 0.245 e. The number of piperazine rings is 1. The molecule has 1 fully saturated rings. The highest BCUT2D eigenvalue weighted by atomic mass is 16.3. The van der Waals surface area contributed by atoms with Gasteiger partial charge >= 0.3 is 0 Å². The Bertz CT molecular complexity index is 789. The van der Waals surface area contributed by atoms with Crippen LogP contribution in [-0.2, 0) is 16.8 Å². The van der Waals surface area contributed by atoms with Gasteiger partial charge in [-0.2, -0.15) is 0 Å². The molecule has 0 saturated carbocycles. The zero-order chi connectivity index (χ0) is 18.7. The molecule has 2 aliphatic rings. The second-order valence-corrected chi connectivity index (χ2v) is 7.37. The van der Waals surface area contributed by atoms with E-state index in [2.05, 4.69) is 27.7 Å². The average Bonchev–Trinajstić information content (AvgIpc) is 3.14. The van der Waals surface area contributed by atoms with Gasteiger partial charge in [-0.05, 0) is 29.5 Å². The lowest BCUT2D eigenvalue weighted by atomic mass is 9.87. The molecule has 0 aromatic heterocycles. The number of nitrogens with one attached hydrogen (secondary N) is 2. The summed E-state index contributed by atoms with van der Waals surface area (Å²) in [5, 5.41) is 16.5. The molecule has 0 bridgehead atoms. The Morgan fingerprint density at radius 3 is 2.56 bits per heavy atom. The predicted molar refractivity (Wildman–Crippen MR) is 105 cm³/mol. The minimum absolute atomic E-state index is 0.00254. The van der Waals surface area contributed by atoms with Crippen LogP contribution < -0.4 is 10.6 Å². The maximum atomic E-state index is 13.7. The summed E-state index contributed by atoms with van der Waals surface area (Å²) in [4.78, 5) is 16.0. The molecule has 2 aromatic rings. The van der Waals surface area contributed by atoms with Crippen LogP contribution in [0.2, 0.25) is 0 Å². The first-order valence-corrected chi connectivity index (χ1v) is 9.76. The number of fused-ring (bicyclic) bond motifs is 1. The van der Waals surface area contributed by atoms with Gasteiger partial charge in [0.25, 0.3) is 0 Å².